The molecule has 0 saturated heterocycles. The van der Waals surface area contributed by atoms with Gasteiger partial charge in [0, 0.05) is 22.5 Å². The van der Waals surface area contributed by atoms with Gasteiger partial charge in [0.15, 0.2) is 5.78 Å². The normalized spacial score (nSPS) is 23.6. The van der Waals surface area contributed by atoms with Crippen molar-refractivity contribution in [2.45, 2.75) is 37.5 Å². The van der Waals surface area contributed by atoms with Gasteiger partial charge in [0.05, 0.1) is 0 Å². The molecular weight excluding hydrogens is 230 g/mol. The summed E-state index contributed by atoms with van der Waals surface area (Å²) in [6, 6.07) is 8.38. The van der Waals surface area contributed by atoms with Crippen molar-refractivity contribution in [1.29, 1.82) is 0 Å². The van der Waals surface area contributed by atoms with E-state index in [2.05, 4.69) is 11.6 Å². The molecule has 1 N–H and O–H groups in total. The lowest BCUT2D eigenvalue weighted by atomic mass is 10.1. The zero-order chi connectivity index (χ0) is 12.3. The lowest BCUT2D eigenvalue weighted by Crippen LogP contribution is -2.25. The molecule has 0 aromatic heterocycles. The second-order valence-electron chi connectivity index (χ2n) is 4.59. The predicted octanol–water partition coefficient (Wildman–Crippen LogP) is 3.59. The van der Waals surface area contributed by atoms with Crippen LogP contribution < -0.4 is 5.32 Å². The number of benzene rings is 1. The summed E-state index contributed by atoms with van der Waals surface area (Å²) in [7, 11) is 0. The van der Waals surface area contributed by atoms with Gasteiger partial charge in [0.25, 0.3) is 0 Å². The van der Waals surface area contributed by atoms with Crippen molar-refractivity contribution in [3.05, 3.63) is 29.8 Å². The van der Waals surface area contributed by atoms with E-state index in [1.165, 1.54) is 19.3 Å². The molecule has 0 amide bonds. The first-order chi connectivity index (χ1) is 8.20. The summed E-state index contributed by atoms with van der Waals surface area (Å²) in [6.45, 7) is 1.60. The molecule has 1 fully saturated rings. The Morgan fingerprint density at radius 2 is 2.00 bits per heavy atom. The molecule has 92 valence electrons. The Balaban J connectivity index is 2.01. The minimum atomic E-state index is 0.124. The van der Waals surface area contributed by atoms with Crippen molar-refractivity contribution < 1.29 is 4.79 Å². The van der Waals surface area contributed by atoms with Crippen LogP contribution in [-0.2, 0) is 0 Å². The molecule has 1 aliphatic rings. The molecule has 1 aromatic rings. The number of anilines is 1. The molecule has 2 atom stereocenters. The van der Waals surface area contributed by atoms with Crippen molar-refractivity contribution in [3.63, 3.8) is 0 Å². The number of carbonyl (C=O) groups excluding carboxylic acids is 1. The summed E-state index contributed by atoms with van der Waals surface area (Å²) in [4.78, 5) is 11.2. The van der Waals surface area contributed by atoms with Crippen LogP contribution in [0, 0.1) is 0 Å². The lowest BCUT2D eigenvalue weighted by molar-refractivity contribution is 0.101. The molecule has 3 heteroatoms. The molecule has 0 bridgehead atoms. The van der Waals surface area contributed by atoms with Crippen molar-refractivity contribution in [1.82, 2.24) is 0 Å². The maximum Gasteiger partial charge on any atom is 0.159 e. The summed E-state index contributed by atoms with van der Waals surface area (Å²) in [5, 5.41) is 4.30. The number of thioether (sulfide) groups is 1. The van der Waals surface area contributed by atoms with Gasteiger partial charge < -0.3 is 5.32 Å². The maximum atomic E-state index is 11.2. The van der Waals surface area contributed by atoms with E-state index in [0.717, 1.165) is 16.5 Å². The number of ketones is 1. The molecule has 0 heterocycles. The molecule has 1 aromatic carbocycles. The topological polar surface area (TPSA) is 29.1 Å². The Morgan fingerprint density at radius 3 is 2.59 bits per heavy atom. The fourth-order valence-corrected chi connectivity index (χ4v) is 3.32. The minimum Gasteiger partial charge on any atom is -0.381 e. The van der Waals surface area contributed by atoms with Crippen LogP contribution in [0.25, 0.3) is 0 Å². The van der Waals surface area contributed by atoms with E-state index in [0.29, 0.717) is 6.04 Å². The van der Waals surface area contributed by atoms with Crippen molar-refractivity contribution in [3.8, 4) is 0 Å². The molecule has 2 nitrogen and oxygen atoms in total. The van der Waals surface area contributed by atoms with Crippen LogP contribution in [0.3, 0.4) is 0 Å². The van der Waals surface area contributed by atoms with Gasteiger partial charge in [-0.25, -0.2) is 0 Å². The number of carbonyl (C=O) groups is 1. The van der Waals surface area contributed by atoms with E-state index in [1.807, 2.05) is 36.0 Å². The molecule has 0 spiro atoms. The molecule has 0 radical (unpaired) electrons. The Bertz CT molecular complexity index is 388. The zero-order valence-electron chi connectivity index (χ0n) is 10.4. The molecule has 0 aliphatic heterocycles. The molecule has 1 saturated carbocycles. The van der Waals surface area contributed by atoms with E-state index in [9.17, 15) is 4.79 Å². The Kier molecular flexibility index (Phi) is 4.11. The highest BCUT2D eigenvalue weighted by Gasteiger charge is 2.25. The average molecular weight is 249 g/mol. The van der Waals surface area contributed by atoms with Crippen LogP contribution in [0.5, 0.6) is 0 Å². The van der Waals surface area contributed by atoms with Crippen LogP contribution in [0.15, 0.2) is 24.3 Å². The Hall–Kier alpha value is -0.960. The third kappa shape index (κ3) is 3.03. The standard InChI is InChI=1S/C14H19NOS/c1-10(16)11-6-8-12(9-7-11)15-13-4-3-5-14(13)17-2/h6-9,13-15H,3-5H2,1-2H3. The van der Waals surface area contributed by atoms with Gasteiger partial charge in [0.1, 0.15) is 0 Å². The fourth-order valence-electron chi connectivity index (χ4n) is 2.39. The molecule has 1 aliphatic carbocycles. The highest BCUT2D eigenvalue weighted by molar-refractivity contribution is 7.99. The monoisotopic (exact) mass is 249 g/mol. The number of nitrogens with one attached hydrogen (secondary N) is 1. The summed E-state index contributed by atoms with van der Waals surface area (Å²) in [5.41, 5.74) is 1.91. The highest BCUT2D eigenvalue weighted by atomic mass is 32.2. The maximum absolute atomic E-state index is 11.2. The summed E-state index contributed by atoms with van der Waals surface area (Å²) in [5.74, 6) is 0.124. The van der Waals surface area contributed by atoms with Crippen LogP contribution in [0.2, 0.25) is 0 Å². The predicted molar refractivity (Wildman–Crippen MR) is 75.0 cm³/mol. The van der Waals surface area contributed by atoms with Crippen LogP contribution in [0.1, 0.15) is 36.5 Å². The van der Waals surface area contributed by atoms with E-state index in [1.54, 1.807) is 6.92 Å². The fraction of sp³-hybridized carbons (Fsp3) is 0.500. The highest BCUT2D eigenvalue weighted by Crippen LogP contribution is 2.30. The first-order valence-corrected chi connectivity index (χ1v) is 7.40. The SMILES string of the molecule is CSC1CCCC1Nc1ccc(C(C)=O)cc1. The van der Waals surface area contributed by atoms with Gasteiger partial charge in [-0.3, -0.25) is 4.79 Å². The number of Topliss-reactive ketones (excluding diaryl/α,β-unsaturated/α-hetero) is 1. The Labute approximate surface area is 107 Å². The summed E-state index contributed by atoms with van der Waals surface area (Å²) >= 11 is 1.95. The minimum absolute atomic E-state index is 0.124. The number of hydrogen-bond acceptors (Lipinski definition) is 3. The largest absolute Gasteiger partial charge is 0.381 e. The van der Waals surface area contributed by atoms with Gasteiger partial charge in [-0.15, -0.1) is 0 Å². The van der Waals surface area contributed by atoms with E-state index < -0.39 is 0 Å². The van der Waals surface area contributed by atoms with Gasteiger partial charge in [-0.2, -0.15) is 11.8 Å². The van der Waals surface area contributed by atoms with Gasteiger partial charge >= 0.3 is 0 Å². The van der Waals surface area contributed by atoms with Crippen molar-refractivity contribution >= 4 is 23.2 Å². The van der Waals surface area contributed by atoms with E-state index in [-0.39, 0.29) is 5.78 Å². The smallest absolute Gasteiger partial charge is 0.159 e. The quantitative estimate of drug-likeness (QED) is 0.827. The first-order valence-electron chi connectivity index (χ1n) is 6.11. The third-order valence-corrected chi connectivity index (χ3v) is 4.57. The summed E-state index contributed by atoms with van der Waals surface area (Å²) in [6.07, 6.45) is 6.06. The average Bonchev–Trinajstić information content (AvgIpc) is 2.77. The second-order valence-corrected chi connectivity index (χ2v) is 5.67. The van der Waals surface area contributed by atoms with E-state index in [4.69, 9.17) is 0 Å². The van der Waals surface area contributed by atoms with Gasteiger partial charge in [-0.05, 0) is 50.3 Å². The first kappa shape index (κ1) is 12.5. The lowest BCUT2D eigenvalue weighted by Gasteiger charge is -2.20. The van der Waals surface area contributed by atoms with E-state index >= 15 is 0 Å². The van der Waals surface area contributed by atoms with Crippen molar-refractivity contribution in [2.24, 2.45) is 0 Å². The summed E-state index contributed by atoms with van der Waals surface area (Å²) < 4.78 is 0. The Morgan fingerprint density at radius 1 is 1.29 bits per heavy atom. The number of rotatable bonds is 4. The second kappa shape index (κ2) is 5.58. The zero-order valence-corrected chi connectivity index (χ0v) is 11.2. The van der Waals surface area contributed by atoms with Gasteiger partial charge in [0.2, 0.25) is 0 Å². The van der Waals surface area contributed by atoms with Crippen molar-refractivity contribution in [2.75, 3.05) is 11.6 Å². The van der Waals surface area contributed by atoms with Crippen LogP contribution in [0.4, 0.5) is 5.69 Å². The number of hydrogen-bond donors (Lipinski definition) is 1. The van der Waals surface area contributed by atoms with Crippen LogP contribution >= 0.6 is 11.8 Å². The van der Waals surface area contributed by atoms with Gasteiger partial charge in [-0.1, -0.05) is 6.42 Å². The molecule has 2 unspecified atom stereocenters. The molecule has 2 rings (SSSR count). The third-order valence-electron chi connectivity index (χ3n) is 3.40. The molecule has 17 heavy (non-hydrogen) atoms. The van der Waals surface area contributed by atoms with Crippen LogP contribution in [-0.4, -0.2) is 23.3 Å². The molecular formula is C14H19NOS.